The largest absolute Gasteiger partial charge is 0.417 e. The van der Waals surface area contributed by atoms with Crippen molar-refractivity contribution in [3.05, 3.63) is 73.7 Å². The summed E-state index contributed by atoms with van der Waals surface area (Å²) in [7, 11) is 0. The fraction of sp³-hybridized carbons (Fsp3) is 0.333. The van der Waals surface area contributed by atoms with E-state index in [9.17, 15) is 44.7 Å². The lowest BCUT2D eigenvalue weighted by atomic mass is 9.96. The molecule has 0 aliphatic heterocycles. The molecule has 0 radical (unpaired) electrons. The van der Waals surface area contributed by atoms with Gasteiger partial charge in [-0.2, -0.15) is 26.3 Å². The molecule has 2 aromatic carbocycles. The first-order valence-electron chi connectivity index (χ1n) is 10.9. The van der Waals surface area contributed by atoms with E-state index in [4.69, 9.17) is 34.8 Å². The van der Waals surface area contributed by atoms with Gasteiger partial charge in [-0.15, -0.1) is 0 Å². The molecule has 1 aliphatic carbocycles. The van der Waals surface area contributed by atoms with Gasteiger partial charge >= 0.3 is 12.4 Å². The van der Waals surface area contributed by atoms with Crippen LogP contribution in [0, 0.1) is 0 Å². The van der Waals surface area contributed by atoms with Crippen molar-refractivity contribution in [1.82, 2.24) is 10.6 Å². The van der Waals surface area contributed by atoms with Gasteiger partial charge in [0.15, 0.2) is 0 Å². The minimum atomic E-state index is -5.11. The average molecular weight is 624 g/mol. The van der Waals surface area contributed by atoms with Crippen LogP contribution in [0.2, 0.25) is 15.1 Å². The molecule has 2 amide bonds. The molecule has 2 aromatic rings. The third-order valence-electron chi connectivity index (χ3n) is 5.75. The molecule has 1 unspecified atom stereocenters. The van der Waals surface area contributed by atoms with Crippen molar-refractivity contribution >= 4 is 52.7 Å². The third kappa shape index (κ3) is 7.55. The number of halogens is 11. The Balaban J connectivity index is 1.91. The molecule has 0 bridgehead atoms. The summed E-state index contributed by atoms with van der Waals surface area (Å²) >= 11 is 17.4. The molecule has 0 spiro atoms. The van der Waals surface area contributed by atoms with Gasteiger partial charge in [-0.25, -0.2) is 8.78 Å². The van der Waals surface area contributed by atoms with E-state index in [1.807, 2.05) is 5.32 Å². The quantitative estimate of drug-likeness (QED) is 0.234. The maximum Gasteiger partial charge on any atom is 0.417 e. The second-order valence-electron chi connectivity index (χ2n) is 8.62. The van der Waals surface area contributed by atoms with E-state index in [-0.39, 0.29) is 33.5 Å². The van der Waals surface area contributed by atoms with Crippen molar-refractivity contribution in [2.24, 2.45) is 0 Å². The van der Waals surface area contributed by atoms with Gasteiger partial charge in [-0.1, -0.05) is 53.0 Å². The van der Waals surface area contributed by atoms with E-state index in [1.54, 1.807) is 0 Å². The van der Waals surface area contributed by atoms with Crippen LogP contribution in [-0.4, -0.2) is 36.5 Å². The first kappa shape index (κ1) is 31.0. The van der Waals surface area contributed by atoms with Gasteiger partial charge in [0, 0.05) is 0 Å². The van der Waals surface area contributed by atoms with Gasteiger partial charge in [0.2, 0.25) is 5.91 Å². The van der Waals surface area contributed by atoms with E-state index < -0.39 is 65.3 Å². The van der Waals surface area contributed by atoms with Gasteiger partial charge in [0.25, 0.3) is 12.3 Å². The fourth-order valence-corrected chi connectivity index (χ4v) is 4.24. The lowest BCUT2D eigenvalue weighted by Gasteiger charge is -2.20. The smallest absolute Gasteiger partial charge is 0.348 e. The summed E-state index contributed by atoms with van der Waals surface area (Å²) in [4.78, 5) is 24.8. The van der Waals surface area contributed by atoms with Crippen molar-refractivity contribution in [2.75, 3.05) is 6.54 Å². The topological polar surface area (TPSA) is 58.2 Å². The Hall–Kier alpha value is -2.57. The molecule has 0 saturated heterocycles. The first-order valence-corrected chi connectivity index (χ1v) is 12.1. The number of benzene rings is 2. The number of rotatable bonds is 8. The van der Waals surface area contributed by atoms with E-state index >= 15 is 0 Å². The van der Waals surface area contributed by atoms with E-state index in [2.05, 4.69) is 5.32 Å². The number of nitrogens with one attached hydrogen (secondary N) is 2. The predicted molar refractivity (Wildman–Crippen MR) is 129 cm³/mol. The van der Waals surface area contributed by atoms with Gasteiger partial charge in [-0.05, 0) is 48.2 Å². The summed E-state index contributed by atoms with van der Waals surface area (Å²) in [6.45, 7) is -1.00. The maximum atomic E-state index is 13.8. The summed E-state index contributed by atoms with van der Waals surface area (Å²) in [6.07, 6.45) is -11.4. The predicted octanol–water partition coefficient (Wildman–Crippen LogP) is 7.67. The molecular formula is C24H17Cl3F8N2O2. The van der Waals surface area contributed by atoms with Crippen LogP contribution in [0.5, 0.6) is 0 Å². The minimum absolute atomic E-state index is 0.0214. The van der Waals surface area contributed by atoms with Crippen LogP contribution in [0.25, 0.3) is 6.08 Å². The Morgan fingerprint density at radius 1 is 0.974 bits per heavy atom. The zero-order valence-corrected chi connectivity index (χ0v) is 21.6. The molecule has 3 rings (SSSR count). The number of allylic oxidation sites excluding steroid dienone is 1. The lowest BCUT2D eigenvalue weighted by molar-refractivity contribution is -0.139. The fourth-order valence-electron chi connectivity index (χ4n) is 3.63. The van der Waals surface area contributed by atoms with Crippen LogP contribution in [0.1, 0.15) is 45.8 Å². The molecular weight excluding hydrogens is 607 g/mol. The van der Waals surface area contributed by atoms with Crippen molar-refractivity contribution in [3.8, 4) is 0 Å². The van der Waals surface area contributed by atoms with Crippen LogP contribution in [0.3, 0.4) is 0 Å². The molecule has 1 fully saturated rings. The van der Waals surface area contributed by atoms with Crippen LogP contribution in [0.4, 0.5) is 35.1 Å². The summed E-state index contributed by atoms with van der Waals surface area (Å²) in [5, 5.41) is 3.37. The molecule has 2 N–H and O–H groups in total. The second-order valence-corrected chi connectivity index (χ2v) is 9.81. The lowest BCUT2D eigenvalue weighted by Crippen LogP contribution is -2.50. The molecule has 1 saturated carbocycles. The molecule has 1 atom stereocenters. The first-order chi connectivity index (χ1) is 17.9. The average Bonchev–Trinajstić information content (AvgIpc) is 3.60. The van der Waals surface area contributed by atoms with Crippen molar-refractivity contribution in [1.29, 1.82) is 0 Å². The highest BCUT2D eigenvalue weighted by Gasteiger charge is 2.52. The molecule has 0 heterocycles. The number of carbonyl (C=O) groups excluding carboxylic acids is 2. The summed E-state index contributed by atoms with van der Waals surface area (Å²) in [5.41, 5.74) is -4.75. The Labute approximate surface area is 231 Å². The standard InChI is InChI=1S/C24H17Cl3F8N2O2/c25-16-8-12(9-17(26)19(16)27)14(23(30,31)32)4-2-11-1-3-13(15(7-11)24(33,34)35)20(38)37-22(5-6-22)21(39)36-10-18(28)29/h1-4,7-9,14,18H,5-6,10H2,(H,36,39)(H,37,38)/b4-2+. The number of carbonyl (C=O) groups is 2. The van der Waals surface area contributed by atoms with E-state index in [0.29, 0.717) is 12.1 Å². The zero-order valence-electron chi connectivity index (χ0n) is 19.3. The highest BCUT2D eigenvalue weighted by Crippen LogP contribution is 2.42. The highest BCUT2D eigenvalue weighted by atomic mass is 35.5. The van der Waals surface area contributed by atoms with Gasteiger partial charge in [0.05, 0.1) is 38.7 Å². The SMILES string of the molecule is O=C(NC1(C(=O)NCC(F)F)CC1)c1ccc(/C=C/C(c2cc(Cl)c(Cl)c(Cl)c2)C(F)(F)F)cc1C(F)(F)F. The summed E-state index contributed by atoms with van der Waals surface area (Å²) < 4.78 is 107. The van der Waals surface area contributed by atoms with E-state index in [1.165, 1.54) is 0 Å². The number of alkyl halides is 8. The number of amides is 2. The Morgan fingerprint density at radius 2 is 1.56 bits per heavy atom. The van der Waals surface area contributed by atoms with Gasteiger partial charge in [0.1, 0.15) is 5.54 Å². The summed E-state index contributed by atoms with van der Waals surface area (Å²) in [6, 6.07) is 4.04. The van der Waals surface area contributed by atoms with Crippen LogP contribution in [0.15, 0.2) is 36.4 Å². The minimum Gasteiger partial charge on any atom is -0.348 e. The Morgan fingerprint density at radius 3 is 2.05 bits per heavy atom. The number of hydrogen-bond acceptors (Lipinski definition) is 2. The Kier molecular flexibility index (Phi) is 9.13. The second kappa shape index (κ2) is 11.5. The maximum absolute atomic E-state index is 13.8. The van der Waals surface area contributed by atoms with Crippen molar-refractivity contribution in [2.45, 2.75) is 43.1 Å². The molecule has 15 heteroatoms. The monoisotopic (exact) mass is 622 g/mol. The van der Waals surface area contributed by atoms with Crippen molar-refractivity contribution in [3.63, 3.8) is 0 Å². The van der Waals surface area contributed by atoms with E-state index in [0.717, 1.165) is 30.3 Å². The van der Waals surface area contributed by atoms with Crippen LogP contribution >= 0.6 is 34.8 Å². The van der Waals surface area contributed by atoms with Gasteiger partial charge < -0.3 is 10.6 Å². The van der Waals surface area contributed by atoms with Gasteiger partial charge in [-0.3, -0.25) is 9.59 Å². The zero-order chi connectivity index (χ0) is 29.3. The van der Waals surface area contributed by atoms with Crippen molar-refractivity contribution < 1.29 is 44.7 Å². The number of hydrogen-bond donors (Lipinski definition) is 2. The Bertz CT molecular complexity index is 1270. The molecule has 1 aliphatic rings. The highest BCUT2D eigenvalue weighted by molar-refractivity contribution is 6.48. The molecule has 0 aromatic heterocycles. The molecule has 39 heavy (non-hydrogen) atoms. The third-order valence-corrected chi connectivity index (χ3v) is 6.94. The molecule has 212 valence electrons. The molecule has 4 nitrogen and oxygen atoms in total. The normalized spacial score (nSPS) is 15.9. The van der Waals surface area contributed by atoms with Crippen LogP contribution < -0.4 is 10.6 Å². The van der Waals surface area contributed by atoms with Crippen LogP contribution in [-0.2, 0) is 11.0 Å². The summed E-state index contributed by atoms with van der Waals surface area (Å²) in [5.74, 6) is -4.59.